The number of hydrogen-bond acceptors (Lipinski definition) is 3. The summed E-state index contributed by atoms with van der Waals surface area (Å²) >= 11 is 0. The van der Waals surface area contributed by atoms with Crippen molar-refractivity contribution >= 4 is 5.97 Å². The fourth-order valence-electron chi connectivity index (χ4n) is 1.98. The molecule has 1 aliphatic rings. The quantitative estimate of drug-likeness (QED) is 0.624. The van der Waals surface area contributed by atoms with Gasteiger partial charge in [-0.05, 0) is 44.0 Å². The molecular formula is C13H17NO2. The minimum absolute atomic E-state index is 0.113. The van der Waals surface area contributed by atoms with Gasteiger partial charge in [-0.1, -0.05) is 18.2 Å². The summed E-state index contributed by atoms with van der Waals surface area (Å²) in [7, 11) is 0. The van der Waals surface area contributed by atoms with Crippen LogP contribution in [0.15, 0.2) is 30.3 Å². The van der Waals surface area contributed by atoms with E-state index in [9.17, 15) is 4.79 Å². The summed E-state index contributed by atoms with van der Waals surface area (Å²) in [6.07, 6.45) is 2.68. The van der Waals surface area contributed by atoms with Gasteiger partial charge in [-0.2, -0.15) is 0 Å². The molecule has 0 spiro atoms. The van der Waals surface area contributed by atoms with Gasteiger partial charge in [0.15, 0.2) is 0 Å². The Kier molecular flexibility index (Phi) is 3.94. The molecule has 0 aromatic heterocycles. The van der Waals surface area contributed by atoms with E-state index in [1.807, 2.05) is 18.2 Å². The molecule has 1 N–H and O–H groups in total. The minimum atomic E-state index is -0.113. The Hall–Kier alpha value is -1.35. The second kappa shape index (κ2) is 5.66. The highest BCUT2D eigenvalue weighted by molar-refractivity contribution is 5.72. The van der Waals surface area contributed by atoms with Crippen molar-refractivity contribution in [3.8, 4) is 5.75 Å². The predicted molar refractivity (Wildman–Crippen MR) is 62.3 cm³/mol. The van der Waals surface area contributed by atoms with Crippen LogP contribution < -0.4 is 10.1 Å². The Morgan fingerprint density at radius 2 is 1.94 bits per heavy atom. The molecule has 1 aromatic carbocycles. The van der Waals surface area contributed by atoms with Crippen molar-refractivity contribution in [3.63, 3.8) is 0 Å². The molecule has 0 atom stereocenters. The Morgan fingerprint density at radius 1 is 1.25 bits per heavy atom. The maximum atomic E-state index is 11.6. The van der Waals surface area contributed by atoms with Gasteiger partial charge in [-0.15, -0.1) is 0 Å². The SMILES string of the molecule is O=C(CC1CCNCC1)Oc1ccccc1. The summed E-state index contributed by atoms with van der Waals surface area (Å²) in [5, 5.41) is 3.29. The molecule has 16 heavy (non-hydrogen) atoms. The largest absolute Gasteiger partial charge is 0.427 e. The second-order valence-electron chi connectivity index (χ2n) is 4.18. The Bertz CT molecular complexity index is 331. The van der Waals surface area contributed by atoms with E-state index in [4.69, 9.17) is 4.74 Å². The van der Waals surface area contributed by atoms with Crippen LogP contribution in [0.25, 0.3) is 0 Å². The molecule has 0 unspecified atom stereocenters. The van der Waals surface area contributed by atoms with Gasteiger partial charge in [0.05, 0.1) is 0 Å². The Balaban J connectivity index is 1.80. The van der Waals surface area contributed by atoms with Crippen LogP contribution >= 0.6 is 0 Å². The van der Waals surface area contributed by atoms with E-state index < -0.39 is 0 Å². The summed E-state index contributed by atoms with van der Waals surface area (Å²) < 4.78 is 5.26. The lowest BCUT2D eigenvalue weighted by molar-refractivity contribution is -0.135. The molecule has 1 saturated heterocycles. The van der Waals surface area contributed by atoms with E-state index in [-0.39, 0.29) is 5.97 Å². The van der Waals surface area contributed by atoms with Crippen LogP contribution in [0.1, 0.15) is 19.3 Å². The van der Waals surface area contributed by atoms with Gasteiger partial charge in [0, 0.05) is 6.42 Å². The van der Waals surface area contributed by atoms with E-state index in [0.29, 0.717) is 18.1 Å². The number of piperidine rings is 1. The molecule has 0 aliphatic carbocycles. The number of esters is 1. The molecule has 3 nitrogen and oxygen atoms in total. The second-order valence-corrected chi connectivity index (χ2v) is 4.18. The smallest absolute Gasteiger partial charge is 0.311 e. The first-order chi connectivity index (χ1) is 7.84. The van der Waals surface area contributed by atoms with Crippen molar-refractivity contribution in [2.75, 3.05) is 13.1 Å². The van der Waals surface area contributed by atoms with Gasteiger partial charge in [-0.25, -0.2) is 0 Å². The number of carbonyl (C=O) groups excluding carboxylic acids is 1. The molecule has 0 saturated carbocycles. The lowest BCUT2D eigenvalue weighted by atomic mass is 9.95. The molecule has 2 rings (SSSR count). The van der Waals surface area contributed by atoms with Crippen LogP contribution in [0, 0.1) is 5.92 Å². The van der Waals surface area contributed by atoms with Crippen molar-refractivity contribution in [2.45, 2.75) is 19.3 Å². The maximum Gasteiger partial charge on any atom is 0.311 e. The van der Waals surface area contributed by atoms with E-state index in [2.05, 4.69) is 5.32 Å². The van der Waals surface area contributed by atoms with E-state index >= 15 is 0 Å². The zero-order valence-corrected chi connectivity index (χ0v) is 9.32. The summed E-state index contributed by atoms with van der Waals surface area (Å²) in [6.45, 7) is 2.03. The topological polar surface area (TPSA) is 38.3 Å². The molecular weight excluding hydrogens is 202 g/mol. The Morgan fingerprint density at radius 3 is 2.62 bits per heavy atom. The third-order valence-corrected chi connectivity index (χ3v) is 2.89. The van der Waals surface area contributed by atoms with Crippen LogP contribution in [0.4, 0.5) is 0 Å². The Labute approximate surface area is 95.8 Å². The van der Waals surface area contributed by atoms with Crippen LogP contribution in [-0.4, -0.2) is 19.1 Å². The van der Waals surface area contributed by atoms with Crippen LogP contribution in [0.5, 0.6) is 5.75 Å². The van der Waals surface area contributed by atoms with Gasteiger partial charge in [0.1, 0.15) is 5.75 Å². The van der Waals surface area contributed by atoms with E-state index in [1.54, 1.807) is 12.1 Å². The van der Waals surface area contributed by atoms with Gasteiger partial charge in [0.25, 0.3) is 0 Å². The third kappa shape index (κ3) is 3.35. The number of carbonyl (C=O) groups is 1. The molecule has 0 amide bonds. The van der Waals surface area contributed by atoms with Crippen molar-refractivity contribution in [2.24, 2.45) is 5.92 Å². The number of hydrogen-bond donors (Lipinski definition) is 1. The van der Waals surface area contributed by atoms with E-state index in [0.717, 1.165) is 25.9 Å². The highest BCUT2D eigenvalue weighted by Gasteiger charge is 2.17. The maximum absolute atomic E-state index is 11.6. The average Bonchev–Trinajstić information content (AvgIpc) is 2.31. The first kappa shape index (κ1) is 11.1. The normalized spacial score (nSPS) is 17.0. The van der Waals surface area contributed by atoms with Gasteiger partial charge >= 0.3 is 5.97 Å². The molecule has 1 aromatic rings. The summed E-state index contributed by atoms with van der Waals surface area (Å²) in [4.78, 5) is 11.6. The fraction of sp³-hybridized carbons (Fsp3) is 0.462. The monoisotopic (exact) mass is 219 g/mol. The standard InChI is InChI=1S/C13H17NO2/c15-13(10-11-6-8-14-9-7-11)16-12-4-2-1-3-5-12/h1-5,11,14H,6-10H2. The zero-order chi connectivity index (χ0) is 11.2. The fourth-order valence-corrected chi connectivity index (χ4v) is 1.98. The molecule has 1 fully saturated rings. The molecule has 86 valence electrons. The third-order valence-electron chi connectivity index (χ3n) is 2.89. The van der Waals surface area contributed by atoms with Crippen LogP contribution in [0.2, 0.25) is 0 Å². The number of rotatable bonds is 3. The summed E-state index contributed by atoms with van der Waals surface area (Å²) in [5.41, 5.74) is 0. The first-order valence-corrected chi connectivity index (χ1v) is 5.81. The zero-order valence-electron chi connectivity index (χ0n) is 9.32. The van der Waals surface area contributed by atoms with Crippen LogP contribution in [0.3, 0.4) is 0 Å². The molecule has 1 aliphatic heterocycles. The summed E-state index contributed by atoms with van der Waals surface area (Å²) in [6, 6.07) is 9.26. The van der Waals surface area contributed by atoms with Gasteiger partial charge < -0.3 is 10.1 Å². The molecule has 0 radical (unpaired) electrons. The highest BCUT2D eigenvalue weighted by Crippen LogP contribution is 2.17. The first-order valence-electron chi connectivity index (χ1n) is 5.81. The van der Waals surface area contributed by atoms with Gasteiger partial charge in [-0.3, -0.25) is 4.79 Å². The molecule has 3 heteroatoms. The van der Waals surface area contributed by atoms with Crippen molar-refractivity contribution in [1.82, 2.24) is 5.32 Å². The van der Waals surface area contributed by atoms with Crippen molar-refractivity contribution in [3.05, 3.63) is 30.3 Å². The van der Waals surface area contributed by atoms with Crippen molar-refractivity contribution < 1.29 is 9.53 Å². The number of nitrogens with one attached hydrogen (secondary N) is 1. The predicted octanol–water partition coefficient (Wildman–Crippen LogP) is 1.98. The lowest BCUT2D eigenvalue weighted by Gasteiger charge is -2.21. The average molecular weight is 219 g/mol. The summed E-state index contributed by atoms with van der Waals surface area (Å²) in [5.74, 6) is 1.01. The van der Waals surface area contributed by atoms with E-state index in [1.165, 1.54) is 0 Å². The van der Waals surface area contributed by atoms with Crippen LogP contribution in [-0.2, 0) is 4.79 Å². The minimum Gasteiger partial charge on any atom is -0.427 e. The van der Waals surface area contributed by atoms with Gasteiger partial charge in [0.2, 0.25) is 0 Å². The lowest BCUT2D eigenvalue weighted by Crippen LogP contribution is -2.29. The number of ether oxygens (including phenoxy) is 1. The number of para-hydroxylation sites is 1. The molecule has 0 bridgehead atoms. The highest BCUT2D eigenvalue weighted by atomic mass is 16.5. The molecule has 1 heterocycles. The number of benzene rings is 1. The van der Waals surface area contributed by atoms with Crippen molar-refractivity contribution in [1.29, 1.82) is 0 Å².